The number of anilines is 1. The lowest BCUT2D eigenvalue weighted by Crippen LogP contribution is -2.06. The van der Waals surface area contributed by atoms with Gasteiger partial charge in [-0.15, -0.1) is 0 Å². The topological polar surface area (TPSA) is 26.0 Å². The molecule has 0 bridgehead atoms. The third-order valence-corrected chi connectivity index (χ3v) is 2.70. The van der Waals surface area contributed by atoms with Crippen LogP contribution < -0.4 is 5.73 Å². The molecule has 2 N–H and O–H groups in total. The molecular weight excluding hydrogens is 284 g/mol. The zero-order valence-corrected chi connectivity index (χ0v) is 9.73. The second-order valence-corrected chi connectivity index (χ2v) is 4.02. The molecule has 0 saturated heterocycles. The summed E-state index contributed by atoms with van der Waals surface area (Å²) in [4.78, 5) is 0. The Morgan fingerprint density at radius 3 is 1.95 bits per heavy atom. The van der Waals surface area contributed by atoms with Crippen molar-refractivity contribution in [1.82, 2.24) is 0 Å². The lowest BCUT2D eigenvalue weighted by atomic mass is 10.0. The summed E-state index contributed by atoms with van der Waals surface area (Å²) in [5, 5.41) is 0. The van der Waals surface area contributed by atoms with Crippen molar-refractivity contribution >= 4 is 5.69 Å². The lowest BCUT2D eigenvalue weighted by molar-refractivity contribution is -0.137. The van der Waals surface area contributed by atoms with Crippen molar-refractivity contribution in [2.45, 2.75) is 6.18 Å². The van der Waals surface area contributed by atoms with Crippen molar-refractivity contribution in [3.05, 3.63) is 53.3 Å². The Balaban J connectivity index is 2.58. The molecule has 0 amide bonds. The average Bonchev–Trinajstić information content (AvgIpc) is 2.36. The molecule has 2 aromatic rings. The van der Waals surface area contributed by atoms with E-state index >= 15 is 0 Å². The maximum Gasteiger partial charge on any atom is 0.416 e. The Labute approximate surface area is 109 Å². The number of rotatable bonds is 1. The van der Waals surface area contributed by atoms with E-state index in [1.165, 1.54) is 0 Å². The monoisotopic (exact) mass is 291 g/mol. The van der Waals surface area contributed by atoms with Crippen molar-refractivity contribution < 1.29 is 26.3 Å². The molecule has 0 aliphatic rings. The van der Waals surface area contributed by atoms with Gasteiger partial charge in [-0.3, -0.25) is 0 Å². The number of hydrogen-bond donors (Lipinski definition) is 1. The molecule has 2 rings (SSSR count). The third kappa shape index (κ3) is 2.43. The summed E-state index contributed by atoms with van der Waals surface area (Å²) in [5.41, 5.74) is 3.48. The summed E-state index contributed by atoms with van der Waals surface area (Å²) in [6.45, 7) is 0. The summed E-state index contributed by atoms with van der Waals surface area (Å²) in [6.07, 6.45) is -4.60. The van der Waals surface area contributed by atoms with Gasteiger partial charge in [-0.05, 0) is 24.3 Å². The fraction of sp³-hybridized carbons (Fsp3) is 0.0769. The van der Waals surface area contributed by atoms with Gasteiger partial charge in [0.25, 0.3) is 0 Å². The largest absolute Gasteiger partial charge is 0.416 e. The van der Waals surface area contributed by atoms with Gasteiger partial charge in [0.2, 0.25) is 0 Å². The second kappa shape index (κ2) is 4.73. The molecule has 106 valence electrons. The molecule has 0 heterocycles. The third-order valence-electron chi connectivity index (χ3n) is 2.70. The van der Waals surface area contributed by atoms with Crippen LogP contribution in [0.1, 0.15) is 5.56 Å². The van der Waals surface area contributed by atoms with Crippen LogP contribution in [-0.4, -0.2) is 0 Å². The smallest absolute Gasteiger partial charge is 0.398 e. The van der Waals surface area contributed by atoms with E-state index in [-0.39, 0.29) is 11.3 Å². The van der Waals surface area contributed by atoms with Gasteiger partial charge in [-0.1, -0.05) is 6.07 Å². The SMILES string of the molecule is Nc1cc(C(F)(F)F)ccc1-c1ccc(F)c(F)c1F. The summed E-state index contributed by atoms with van der Waals surface area (Å²) >= 11 is 0. The first-order valence-corrected chi connectivity index (χ1v) is 5.32. The molecule has 0 radical (unpaired) electrons. The maximum atomic E-state index is 13.6. The number of alkyl halides is 3. The van der Waals surface area contributed by atoms with E-state index in [2.05, 4.69) is 0 Å². The van der Waals surface area contributed by atoms with Gasteiger partial charge in [-0.2, -0.15) is 13.2 Å². The molecule has 0 fully saturated rings. The summed E-state index contributed by atoms with van der Waals surface area (Å²) < 4.78 is 76.9. The first-order chi connectivity index (χ1) is 9.21. The molecular formula is C13H7F6N. The molecule has 20 heavy (non-hydrogen) atoms. The molecule has 0 atom stereocenters. The highest BCUT2D eigenvalue weighted by Gasteiger charge is 2.31. The first kappa shape index (κ1) is 14.2. The van der Waals surface area contributed by atoms with Gasteiger partial charge in [0.05, 0.1) is 5.56 Å². The summed E-state index contributed by atoms with van der Waals surface area (Å²) in [5.74, 6) is -4.60. The minimum absolute atomic E-state index is 0.144. The Kier molecular flexibility index (Phi) is 3.37. The summed E-state index contributed by atoms with van der Waals surface area (Å²) in [7, 11) is 0. The zero-order valence-electron chi connectivity index (χ0n) is 9.73. The number of hydrogen-bond acceptors (Lipinski definition) is 1. The molecule has 0 unspecified atom stereocenters. The van der Waals surface area contributed by atoms with Crippen LogP contribution >= 0.6 is 0 Å². The highest BCUT2D eigenvalue weighted by Crippen LogP contribution is 2.35. The normalized spacial score (nSPS) is 11.7. The van der Waals surface area contributed by atoms with Crippen molar-refractivity contribution in [1.29, 1.82) is 0 Å². The van der Waals surface area contributed by atoms with Gasteiger partial charge in [-0.25, -0.2) is 13.2 Å². The fourth-order valence-electron chi connectivity index (χ4n) is 1.72. The summed E-state index contributed by atoms with van der Waals surface area (Å²) in [6, 6.07) is 3.79. The standard InChI is InChI=1S/C13H7F6N/c14-9-4-3-8(11(15)12(9)16)7-2-1-6(5-10(7)20)13(17,18)19/h1-5H,20H2. The van der Waals surface area contributed by atoms with Crippen LogP contribution in [0.25, 0.3) is 11.1 Å². The van der Waals surface area contributed by atoms with Crippen molar-refractivity contribution in [3.8, 4) is 11.1 Å². The maximum absolute atomic E-state index is 13.6. The van der Waals surface area contributed by atoms with Gasteiger partial charge in [0, 0.05) is 16.8 Å². The van der Waals surface area contributed by atoms with E-state index in [1.54, 1.807) is 0 Å². The predicted octanol–water partition coefficient (Wildman–Crippen LogP) is 4.37. The number of benzene rings is 2. The Hall–Kier alpha value is -2.18. The molecule has 0 aliphatic heterocycles. The molecule has 2 aromatic carbocycles. The van der Waals surface area contributed by atoms with E-state index in [4.69, 9.17) is 5.73 Å². The Morgan fingerprint density at radius 2 is 1.40 bits per heavy atom. The van der Waals surface area contributed by atoms with Crippen molar-refractivity contribution in [2.75, 3.05) is 5.73 Å². The van der Waals surface area contributed by atoms with Crippen LogP contribution in [0, 0.1) is 17.5 Å². The van der Waals surface area contributed by atoms with Crippen LogP contribution in [-0.2, 0) is 6.18 Å². The zero-order chi connectivity index (χ0) is 15.1. The second-order valence-electron chi connectivity index (χ2n) is 4.02. The number of nitrogens with two attached hydrogens (primary N) is 1. The van der Waals surface area contributed by atoms with Gasteiger partial charge in [0.1, 0.15) is 0 Å². The molecule has 1 nitrogen and oxygen atoms in total. The molecule has 7 heteroatoms. The highest BCUT2D eigenvalue weighted by atomic mass is 19.4. The number of halogens is 6. The van der Waals surface area contributed by atoms with Gasteiger partial charge >= 0.3 is 6.18 Å². The van der Waals surface area contributed by atoms with Gasteiger partial charge < -0.3 is 5.73 Å². The lowest BCUT2D eigenvalue weighted by Gasteiger charge is -2.12. The Morgan fingerprint density at radius 1 is 0.800 bits per heavy atom. The van der Waals surface area contributed by atoms with E-state index in [0.29, 0.717) is 18.2 Å². The van der Waals surface area contributed by atoms with Crippen LogP contribution in [0.4, 0.5) is 32.0 Å². The van der Waals surface area contributed by atoms with E-state index in [1.807, 2.05) is 0 Å². The number of nitrogen functional groups attached to an aromatic ring is 1. The quantitative estimate of drug-likeness (QED) is 0.471. The van der Waals surface area contributed by atoms with Gasteiger partial charge in [0.15, 0.2) is 17.5 Å². The predicted molar refractivity (Wildman–Crippen MR) is 61.2 cm³/mol. The van der Waals surface area contributed by atoms with Crippen LogP contribution in [0.2, 0.25) is 0 Å². The molecule has 0 saturated carbocycles. The van der Waals surface area contributed by atoms with E-state index < -0.39 is 34.8 Å². The van der Waals surface area contributed by atoms with Crippen LogP contribution in [0.15, 0.2) is 30.3 Å². The van der Waals surface area contributed by atoms with E-state index in [9.17, 15) is 26.3 Å². The highest BCUT2D eigenvalue weighted by molar-refractivity contribution is 5.77. The molecule has 0 spiro atoms. The van der Waals surface area contributed by atoms with Crippen molar-refractivity contribution in [3.63, 3.8) is 0 Å². The average molecular weight is 291 g/mol. The Bertz CT molecular complexity index is 663. The van der Waals surface area contributed by atoms with E-state index in [0.717, 1.165) is 12.1 Å². The molecule has 0 aliphatic carbocycles. The van der Waals surface area contributed by atoms with Crippen LogP contribution in [0.3, 0.4) is 0 Å². The minimum atomic E-state index is -4.60. The fourth-order valence-corrected chi connectivity index (χ4v) is 1.72. The molecule has 0 aromatic heterocycles. The van der Waals surface area contributed by atoms with Crippen LogP contribution in [0.5, 0.6) is 0 Å². The minimum Gasteiger partial charge on any atom is -0.398 e. The van der Waals surface area contributed by atoms with Crippen molar-refractivity contribution in [2.24, 2.45) is 0 Å². The first-order valence-electron chi connectivity index (χ1n) is 5.32.